The zero-order chi connectivity index (χ0) is 20.1. The van der Waals surface area contributed by atoms with Crippen LogP contribution < -0.4 is 10.2 Å². The molecule has 4 heterocycles. The van der Waals surface area contributed by atoms with Crippen LogP contribution in [0.4, 0.5) is 5.69 Å². The van der Waals surface area contributed by atoms with Gasteiger partial charge in [-0.3, -0.25) is 9.78 Å². The first-order valence-electron chi connectivity index (χ1n) is 10.7. The third-order valence-electron chi connectivity index (χ3n) is 6.62. The molecule has 1 saturated heterocycles. The number of pyridine rings is 1. The standard InChI is InChI=1S/C25H24N4O/c30-25-24-18(5-3-7-23(24)29-15-19-12-26-13-20(19)16-29)14-28(25)11-10-21-9-8-17-4-1-2-6-22(17)27-21/h1-9,12,20,26H,10-11,13-16H2. The second kappa shape index (κ2) is 6.87. The van der Waals surface area contributed by atoms with Crippen LogP contribution in [-0.4, -0.2) is 42.0 Å². The largest absolute Gasteiger partial charge is 0.390 e. The molecule has 0 saturated carbocycles. The average molecular weight is 396 g/mol. The summed E-state index contributed by atoms with van der Waals surface area (Å²) in [6.45, 7) is 4.30. The number of nitrogens with zero attached hydrogens (tertiary/aromatic N) is 3. The van der Waals surface area contributed by atoms with Gasteiger partial charge in [0.05, 0.1) is 16.8 Å². The van der Waals surface area contributed by atoms with E-state index in [0.29, 0.717) is 19.0 Å². The van der Waals surface area contributed by atoms with Crippen molar-refractivity contribution in [3.05, 3.63) is 83.2 Å². The van der Waals surface area contributed by atoms with E-state index in [9.17, 15) is 4.79 Å². The molecule has 3 aliphatic rings. The Morgan fingerprint density at radius 2 is 1.97 bits per heavy atom. The van der Waals surface area contributed by atoms with Crippen LogP contribution in [0.3, 0.4) is 0 Å². The van der Waals surface area contributed by atoms with Gasteiger partial charge in [0.15, 0.2) is 0 Å². The second-order valence-corrected chi connectivity index (χ2v) is 8.49. The maximum atomic E-state index is 13.3. The van der Waals surface area contributed by atoms with E-state index in [4.69, 9.17) is 4.98 Å². The zero-order valence-corrected chi connectivity index (χ0v) is 16.8. The number of fused-ring (bicyclic) bond motifs is 3. The summed E-state index contributed by atoms with van der Waals surface area (Å²) in [5.74, 6) is 0.734. The van der Waals surface area contributed by atoms with E-state index >= 15 is 0 Å². The van der Waals surface area contributed by atoms with Gasteiger partial charge in [-0.05, 0) is 35.5 Å². The average Bonchev–Trinajstić information content (AvgIpc) is 3.46. The summed E-state index contributed by atoms with van der Waals surface area (Å²) >= 11 is 0. The summed E-state index contributed by atoms with van der Waals surface area (Å²) in [4.78, 5) is 22.4. The topological polar surface area (TPSA) is 48.5 Å². The first-order chi connectivity index (χ1) is 14.8. The molecule has 5 heteroatoms. The van der Waals surface area contributed by atoms with Gasteiger partial charge < -0.3 is 15.1 Å². The molecule has 1 unspecified atom stereocenters. The highest BCUT2D eigenvalue weighted by Crippen LogP contribution is 2.36. The van der Waals surface area contributed by atoms with Crippen LogP contribution in [-0.2, 0) is 13.0 Å². The van der Waals surface area contributed by atoms with Crippen molar-refractivity contribution in [1.29, 1.82) is 0 Å². The smallest absolute Gasteiger partial charge is 0.256 e. The summed E-state index contributed by atoms with van der Waals surface area (Å²) in [7, 11) is 0. The molecule has 1 aromatic heterocycles. The van der Waals surface area contributed by atoms with Gasteiger partial charge in [0.1, 0.15) is 0 Å². The fourth-order valence-corrected chi connectivity index (χ4v) is 5.01. The molecule has 0 aliphatic carbocycles. The van der Waals surface area contributed by atoms with E-state index in [-0.39, 0.29) is 5.91 Å². The van der Waals surface area contributed by atoms with Crippen molar-refractivity contribution in [2.45, 2.75) is 13.0 Å². The van der Waals surface area contributed by atoms with E-state index in [0.717, 1.165) is 59.5 Å². The molecule has 1 atom stereocenters. The van der Waals surface area contributed by atoms with Crippen LogP contribution >= 0.6 is 0 Å². The predicted octanol–water partition coefficient (Wildman–Crippen LogP) is 3.36. The summed E-state index contributed by atoms with van der Waals surface area (Å²) in [6.07, 6.45) is 2.92. The van der Waals surface area contributed by atoms with Crippen LogP contribution in [0.1, 0.15) is 21.6 Å². The van der Waals surface area contributed by atoms with Gasteiger partial charge in [0.2, 0.25) is 0 Å². The van der Waals surface area contributed by atoms with Crippen LogP contribution in [0.15, 0.2) is 66.4 Å². The number of anilines is 1. The Morgan fingerprint density at radius 3 is 2.90 bits per heavy atom. The van der Waals surface area contributed by atoms with Gasteiger partial charge in [-0.15, -0.1) is 0 Å². The summed E-state index contributed by atoms with van der Waals surface area (Å²) in [5.41, 5.74) is 6.64. The first kappa shape index (κ1) is 17.5. The maximum absolute atomic E-state index is 13.3. The highest BCUT2D eigenvalue weighted by molar-refractivity contribution is 6.03. The lowest BCUT2D eigenvalue weighted by Gasteiger charge is -2.21. The number of nitrogens with one attached hydrogen (secondary N) is 1. The highest BCUT2D eigenvalue weighted by Gasteiger charge is 2.35. The minimum atomic E-state index is 0.158. The Labute approximate surface area is 176 Å². The SMILES string of the molecule is O=C1c2c(cccc2N2CC3=CNCC3C2)CN1CCc1ccc2ccccc2n1. The molecule has 6 rings (SSSR count). The van der Waals surface area contributed by atoms with Crippen molar-refractivity contribution in [3.8, 4) is 0 Å². The van der Waals surface area contributed by atoms with E-state index < -0.39 is 0 Å². The molecule has 0 radical (unpaired) electrons. The summed E-state index contributed by atoms with van der Waals surface area (Å²) in [5, 5.41) is 4.49. The zero-order valence-electron chi connectivity index (χ0n) is 16.8. The van der Waals surface area contributed by atoms with Crippen molar-refractivity contribution in [3.63, 3.8) is 0 Å². The molecule has 0 bridgehead atoms. The monoisotopic (exact) mass is 396 g/mol. The molecule has 0 spiro atoms. The van der Waals surface area contributed by atoms with Crippen molar-refractivity contribution in [1.82, 2.24) is 15.2 Å². The maximum Gasteiger partial charge on any atom is 0.256 e. The van der Waals surface area contributed by atoms with Crippen molar-refractivity contribution in [2.24, 2.45) is 5.92 Å². The fraction of sp³-hybridized carbons (Fsp3) is 0.280. The molecule has 150 valence electrons. The summed E-state index contributed by atoms with van der Waals surface area (Å²) < 4.78 is 0. The van der Waals surface area contributed by atoms with Gasteiger partial charge in [-0.1, -0.05) is 36.4 Å². The fourth-order valence-electron chi connectivity index (χ4n) is 5.01. The molecular formula is C25H24N4O. The van der Waals surface area contributed by atoms with Crippen LogP contribution in [0, 0.1) is 5.92 Å². The molecule has 3 aliphatic heterocycles. The molecule has 1 N–H and O–H groups in total. The van der Waals surface area contributed by atoms with Crippen molar-refractivity contribution >= 4 is 22.5 Å². The minimum Gasteiger partial charge on any atom is -0.390 e. The number of carbonyl (C=O) groups is 1. The second-order valence-electron chi connectivity index (χ2n) is 8.49. The van der Waals surface area contributed by atoms with Crippen LogP contribution in [0.5, 0.6) is 0 Å². The van der Waals surface area contributed by atoms with Crippen LogP contribution in [0.2, 0.25) is 0 Å². The van der Waals surface area contributed by atoms with E-state index in [1.807, 2.05) is 23.1 Å². The third kappa shape index (κ3) is 2.84. The Kier molecular flexibility index (Phi) is 4.01. The Hall–Kier alpha value is -3.34. The van der Waals surface area contributed by atoms with Crippen molar-refractivity contribution in [2.75, 3.05) is 31.1 Å². The van der Waals surface area contributed by atoms with Gasteiger partial charge in [-0.25, -0.2) is 0 Å². The van der Waals surface area contributed by atoms with E-state index in [1.165, 1.54) is 5.57 Å². The minimum absolute atomic E-state index is 0.158. The first-order valence-corrected chi connectivity index (χ1v) is 10.7. The van der Waals surface area contributed by atoms with Gasteiger partial charge >= 0.3 is 0 Å². The quantitative estimate of drug-likeness (QED) is 0.735. The van der Waals surface area contributed by atoms with Gasteiger partial charge in [-0.2, -0.15) is 0 Å². The van der Waals surface area contributed by atoms with E-state index in [2.05, 4.69) is 52.8 Å². The molecule has 30 heavy (non-hydrogen) atoms. The number of hydrogen-bond acceptors (Lipinski definition) is 4. The number of aromatic nitrogens is 1. The number of amides is 1. The number of rotatable bonds is 4. The number of para-hydroxylation sites is 1. The molecular weight excluding hydrogens is 372 g/mol. The molecule has 3 aromatic rings. The lowest BCUT2D eigenvalue weighted by Crippen LogP contribution is -2.28. The number of hydrogen-bond donors (Lipinski definition) is 1. The lowest BCUT2D eigenvalue weighted by atomic mass is 10.1. The molecule has 5 nitrogen and oxygen atoms in total. The van der Waals surface area contributed by atoms with E-state index in [1.54, 1.807) is 0 Å². The Morgan fingerprint density at radius 1 is 1.03 bits per heavy atom. The van der Waals surface area contributed by atoms with Gasteiger partial charge in [0.25, 0.3) is 5.91 Å². The predicted molar refractivity (Wildman–Crippen MR) is 118 cm³/mol. The Balaban J connectivity index is 1.21. The normalized spacial score (nSPS) is 19.8. The molecule has 1 amide bonds. The van der Waals surface area contributed by atoms with Crippen molar-refractivity contribution < 1.29 is 4.79 Å². The molecule has 1 fully saturated rings. The Bertz CT molecular complexity index is 1180. The third-order valence-corrected chi connectivity index (χ3v) is 6.62. The number of benzene rings is 2. The molecule has 2 aromatic carbocycles. The van der Waals surface area contributed by atoms with Crippen LogP contribution in [0.25, 0.3) is 10.9 Å². The lowest BCUT2D eigenvalue weighted by molar-refractivity contribution is 0.0780. The number of carbonyl (C=O) groups excluding carboxylic acids is 1. The highest BCUT2D eigenvalue weighted by atomic mass is 16.2. The van der Waals surface area contributed by atoms with Gasteiger partial charge in [0, 0.05) is 56.1 Å². The summed E-state index contributed by atoms with van der Waals surface area (Å²) in [6, 6.07) is 18.7.